The molecule has 1 N–H and O–H groups in total. The second-order valence-electron chi connectivity index (χ2n) is 4.76. The summed E-state index contributed by atoms with van der Waals surface area (Å²) in [6.07, 6.45) is 1.30. The van der Waals surface area contributed by atoms with Crippen molar-refractivity contribution >= 4 is 22.4 Å². The van der Waals surface area contributed by atoms with Crippen molar-refractivity contribution in [2.24, 2.45) is 0 Å². The SMILES string of the molecule is CCOC(=O)Cc1csc(NC(C)CCN(C)C)n1. The third-order valence-electron chi connectivity index (χ3n) is 2.56. The van der Waals surface area contributed by atoms with Gasteiger partial charge in [-0.2, -0.15) is 0 Å². The monoisotopic (exact) mass is 285 g/mol. The van der Waals surface area contributed by atoms with Gasteiger partial charge in [0, 0.05) is 11.4 Å². The minimum Gasteiger partial charge on any atom is -0.466 e. The van der Waals surface area contributed by atoms with Crippen LogP contribution in [0.5, 0.6) is 0 Å². The van der Waals surface area contributed by atoms with Crippen LogP contribution in [0.3, 0.4) is 0 Å². The molecule has 1 unspecified atom stereocenters. The number of anilines is 1. The van der Waals surface area contributed by atoms with Gasteiger partial charge in [0.15, 0.2) is 5.13 Å². The summed E-state index contributed by atoms with van der Waals surface area (Å²) in [5.74, 6) is -0.222. The smallest absolute Gasteiger partial charge is 0.311 e. The van der Waals surface area contributed by atoms with Gasteiger partial charge < -0.3 is 15.0 Å². The zero-order chi connectivity index (χ0) is 14.3. The van der Waals surface area contributed by atoms with Crippen molar-refractivity contribution in [2.75, 3.05) is 32.6 Å². The van der Waals surface area contributed by atoms with Gasteiger partial charge in [-0.1, -0.05) is 0 Å². The fraction of sp³-hybridized carbons (Fsp3) is 0.692. The standard InChI is InChI=1S/C13H23N3O2S/c1-5-18-12(17)8-11-9-19-13(15-11)14-10(2)6-7-16(3)4/h9-10H,5-8H2,1-4H3,(H,14,15). The lowest BCUT2D eigenvalue weighted by Crippen LogP contribution is -2.22. The molecule has 19 heavy (non-hydrogen) atoms. The van der Waals surface area contributed by atoms with E-state index in [0.717, 1.165) is 23.8 Å². The molecule has 0 amide bonds. The van der Waals surface area contributed by atoms with E-state index in [-0.39, 0.29) is 12.4 Å². The lowest BCUT2D eigenvalue weighted by atomic mass is 10.2. The van der Waals surface area contributed by atoms with E-state index in [1.807, 2.05) is 5.38 Å². The summed E-state index contributed by atoms with van der Waals surface area (Å²) in [7, 11) is 4.13. The Morgan fingerprint density at radius 1 is 1.58 bits per heavy atom. The largest absolute Gasteiger partial charge is 0.466 e. The van der Waals surface area contributed by atoms with E-state index in [9.17, 15) is 4.79 Å². The average molecular weight is 285 g/mol. The molecule has 1 heterocycles. The number of nitrogens with zero attached hydrogens (tertiary/aromatic N) is 2. The van der Waals surface area contributed by atoms with E-state index >= 15 is 0 Å². The van der Waals surface area contributed by atoms with Crippen molar-refractivity contribution in [3.05, 3.63) is 11.1 Å². The van der Waals surface area contributed by atoms with Gasteiger partial charge in [-0.15, -0.1) is 11.3 Å². The molecule has 108 valence electrons. The second kappa shape index (κ2) is 8.12. The van der Waals surface area contributed by atoms with Gasteiger partial charge in [0.2, 0.25) is 0 Å². The van der Waals surface area contributed by atoms with Gasteiger partial charge in [-0.3, -0.25) is 4.79 Å². The minimum absolute atomic E-state index is 0.222. The van der Waals surface area contributed by atoms with Crippen molar-refractivity contribution in [1.82, 2.24) is 9.88 Å². The summed E-state index contributed by atoms with van der Waals surface area (Å²) < 4.78 is 4.90. The van der Waals surface area contributed by atoms with Gasteiger partial charge in [-0.05, 0) is 40.9 Å². The molecule has 0 bridgehead atoms. The number of aromatic nitrogens is 1. The van der Waals surface area contributed by atoms with Crippen LogP contribution in [0.15, 0.2) is 5.38 Å². The number of thiazole rings is 1. The number of esters is 1. The molecule has 0 aliphatic rings. The van der Waals surface area contributed by atoms with Crippen LogP contribution in [-0.2, 0) is 16.0 Å². The van der Waals surface area contributed by atoms with E-state index in [1.54, 1.807) is 6.92 Å². The van der Waals surface area contributed by atoms with Crippen LogP contribution in [0, 0.1) is 0 Å². The first-order valence-corrected chi connectivity index (χ1v) is 7.40. The molecule has 1 aromatic heterocycles. The fourth-order valence-electron chi connectivity index (χ4n) is 1.55. The Bertz CT molecular complexity index is 393. The lowest BCUT2D eigenvalue weighted by Gasteiger charge is -2.15. The quantitative estimate of drug-likeness (QED) is 0.740. The van der Waals surface area contributed by atoms with Crippen molar-refractivity contribution < 1.29 is 9.53 Å². The highest BCUT2D eigenvalue weighted by atomic mass is 32.1. The van der Waals surface area contributed by atoms with Crippen molar-refractivity contribution in [3.8, 4) is 0 Å². The van der Waals surface area contributed by atoms with Crippen LogP contribution < -0.4 is 5.32 Å². The van der Waals surface area contributed by atoms with E-state index in [0.29, 0.717) is 12.6 Å². The van der Waals surface area contributed by atoms with Crippen LogP contribution in [0.2, 0.25) is 0 Å². The number of hydrogen-bond donors (Lipinski definition) is 1. The van der Waals surface area contributed by atoms with E-state index in [1.165, 1.54) is 11.3 Å². The number of rotatable bonds is 8. The molecule has 5 nitrogen and oxygen atoms in total. The molecular formula is C13H23N3O2S. The molecule has 0 aliphatic heterocycles. The highest BCUT2D eigenvalue weighted by Gasteiger charge is 2.10. The molecule has 1 aromatic rings. The average Bonchev–Trinajstić information content (AvgIpc) is 2.74. The van der Waals surface area contributed by atoms with Gasteiger partial charge in [0.1, 0.15) is 0 Å². The zero-order valence-electron chi connectivity index (χ0n) is 12.1. The molecule has 1 rings (SSSR count). The first-order valence-electron chi connectivity index (χ1n) is 6.52. The zero-order valence-corrected chi connectivity index (χ0v) is 12.9. The molecular weight excluding hydrogens is 262 g/mol. The highest BCUT2D eigenvalue weighted by Crippen LogP contribution is 2.17. The minimum atomic E-state index is -0.222. The predicted molar refractivity (Wildman–Crippen MR) is 78.7 cm³/mol. The number of hydrogen-bond acceptors (Lipinski definition) is 6. The Kier molecular flexibility index (Phi) is 6.80. The Hall–Kier alpha value is -1.14. The summed E-state index contributed by atoms with van der Waals surface area (Å²) in [5.41, 5.74) is 0.769. The topological polar surface area (TPSA) is 54.5 Å². The highest BCUT2D eigenvalue weighted by molar-refractivity contribution is 7.13. The van der Waals surface area contributed by atoms with Crippen LogP contribution in [0.4, 0.5) is 5.13 Å². The number of ether oxygens (including phenoxy) is 1. The number of carbonyl (C=O) groups excluding carboxylic acids is 1. The maximum Gasteiger partial charge on any atom is 0.311 e. The summed E-state index contributed by atoms with van der Waals surface area (Å²) in [4.78, 5) is 17.9. The second-order valence-corrected chi connectivity index (χ2v) is 5.62. The molecule has 0 spiro atoms. The summed E-state index contributed by atoms with van der Waals surface area (Å²) in [5, 5.41) is 6.12. The molecule has 6 heteroatoms. The summed E-state index contributed by atoms with van der Waals surface area (Å²) in [6, 6.07) is 0.365. The van der Waals surface area contributed by atoms with Crippen LogP contribution in [0.25, 0.3) is 0 Å². The van der Waals surface area contributed by atoms with Crippen LogP contribution >= 0.6 is 11.3 Å². The molecule has 0 aliphatic carbocycles. The summed E-state index contributed by atoms with van der Waals surface area (Å²) >= 11 is 1.53. The van der Waals surface area contributed by atoms with Gasteiger partial charge >= 0.3 is 5.97 Å². The Balaban J connectivity index is 2.39. The Labute approximate surface area is 119 Å². The normalized spacial score (nSPS) is 12.5. The molecule has 0 saturated carbocycles. The van der Waals surface area contributed by atoms with E-state index in [2.05, 4.69) is 36.2 Å². The lowest BCUT2D eigenvalue weighted by molar-refractivity contribution is -0.142. The maximum atomic E-state index is 11.3. The van der Waals surface area contributed by atoms with Gasteiger partial charge in [-0.25, -0.2) is 4.98 Å². The number of nitrogens with one attached hydrogen (secondary N) is 1. The maximum absolute atomic E-state index is 11.3. The van der Waals surface area contributed by atoms with Crippen molar-refractivity contribution in [1.29, 1.82) is 0 Å². The van der Waals surface area contributed by atoms with E-state index < -0.39 is 0 Å². The molecule has 0 radical (unpaired) electrons. The fourth-order valence-corrected chi connectivity index (χ4v) is 2.37. The van der Waals surface area contributed by atoms with Crippen LogP contribution in [-0.4, -0.2) is 49.1 Å². The third kappa shape index (κ3) is 6.54. The van der Waals surface area contributed by atoms with Crippen LogP contribution in [0.1, 0.15) is 26.0 Å². The molecule has 0 aromatic carbocycles. The molecule has 1 atom stereocenters. The van der Waals surface area contributed by atoms with E-state index in [4.69, 9.17) is 4.74 Å². The van der Waals surface area contributed by atoms with Gasteiger partial charge in [0.05, 0.1) is 18.7 Å². The van der Waals surface area contributed by atoms with Gasteiger partial charge in [0.25, 0.3) is 0 Å². The summed E-state index contributed by atoms with van der Waals surface area (Å²) in [6.45, 7) is 5.39. The molecule has 0 saturated heterocycles. The first kappa shape index (κ1) is 15.9. The first-order chi connectivity index (χ1) is 9.01. The Morgan fingerprint density at radius 2 is 2.32 bits per heavy atom. The predicted octanol–water partition coefficient (Wildman–Crippen LogP) is 2.00. The number of carbonyl (C=O) groups is 1. The van der Waals surface area contributed by atoms with Crippen molar-refractivity contribution in [2.45, 2.75) is 32.7 Å². The van der Waals surface area contributed by atoms with Crippen molar-refractivity contribution in [3.63, 3.8) is 0 Å². The Morgan fingerprint density at radius 3 is 2.95 bits per heavy atom. The third-order valence-corrected chi connectivity index (χ3v) is 3.38. The molecule has 0 fully saturated rings.